The zero-order valence-corrected chi connectivity index (χ0v) is 10.2. The van der Waals surface area contributed by atoms with Crippen molar-refractivity contribution in [2.24, 2.45) is 5.73 Å². The van der Waals surface area contributed by atoms with Gasteiger partial charge in [0.05, 0.1) is 5.56 Å². The molecule has 92 valence electrons. The maximum Gasteiger partial charge on any atom is 0.416 e. The lowest BCUT2D eigenvalue weighted by molar-refractivity contribution is -0.137. The van der Waals surface area contributed by atoms with E-state index in [2.05, 4.69) is 0 Å². The highest BCUT2D eigenvalue weighted by Gasteiger charge is 2.31. The number of hydrogen-bond donors (Lipinski definition) is 1. The first-order valence-electron chi connectivity index (χ1n) is 5.07. The molecule has 1 nitrogen and oxygen atoms in total. The lowest BCUT2D eigenvalue weighted by atomic mass is 9.95. The third kappa shape index (κ3) is 2.30. The Hall–Kier alpha value is -1.07. The molecule has 5 heteroatoms. The van der Waals surface area contributed by atoms with E-state index in [4.69, 9.17) is 5.73 Å². The molecule has 0 atom stereocenters. The number of rotatable bonds is 1. The first-order chi connectivity index (χ1) is 7.69. The van der Waals surface area contributed by atoms with E-state index in [1.54, 1.807) is 0 Å². The summed E-state index contributed by atoms with van der Waals surface area (Å²) in [5.74, 6) is 0. The Kier molecular flexibility index (Phi) is 2.71. The molecule has 0 saturated carbocycles. The van der Waals surface area contributed by atoms with Gasteiger partial charge in [0.1, 0.15) is 0 Å². The summed E-state index contributed by atoms with van der Waals surface area (Å²) in [7, 11) is 0. The molecule has 0 radical (unpaired) electrons. The molecule has 0 fully saturated rings. The topological polar surface area (TPSA) is 26.0 Å². The minimum absolute atomic E-state index is 0.544. The predicted molar refractivity (Wildman–Crippen MR) is 64.0 cm³/mol. The second-order valence-electron chi connectivity index (χ2n) is 4.58. The van der Waals surface area contributed by atoms with Crippen LogP contribution < -0.4 is 5.73 Å². The van der Waals surface area contributed by atoms with Gasteiger partial charge < -0.3 is 5.73 Å². The Bertz CT molecular complexity index is 549. The molecule has 0 saturated heterocycles. The second kappa shape index (κ2) is 3.71. The molecule has 0 bridgehead atoms. The Morgan fingerprint density at radius 3 is 2.35 bits per heavy atom. The number of nitrogens with two attached hydrogens (primary N) is 1. The largest absolute Gasteiger partial charge is 0.416 e. The van der Waals surface area contributed by atoms with Gasteiger partial charge in [0.2, 0.25) is 0 Å². The molecule has 1 heterocycles. The number of benzene rings is 1. The molecule has 2 rings (SSSR count). The molecule has 0 spiro atoms. The Morgan fingerprint density at radius 1 is 1.18 bits per heavy atom. The highest BCUT2D eigenvalue weighted by molar-refractivity contribution is 7.17. The SMILES string of the molecule is CC(C)(N)c1csc2cc(C(F)(F)F)ccc12. The van der Waals surface area contributed by atoms with Crippen molar-refractivity contribution < 1.29 is 13.2 Å². The van der Waals surface area contributed by atoms with Crippen LogP contribution in [0, 0.1) is 0 Å². The highest BCUT2D eigenvalue weighted by atomic mass is 32.1. The molecule has 0 aliphatic heterocycles. The third-order valence-electron chi connectivity index (χ3n) is 2.60. The summed E-state index contributed by atoms with van der Waals surface area (Å²) < 4.78 is 38.2. The first kappa shape index (κ1) is 12.4. The summed E-state index contributed by atoms with van der Waals surface area (Å²) in [6.07, 6.45) is -4.30. The summed E-state index contributed by atoms with van der Waals surface area (Å²) in [5.41, 5.74) is 5.70. The Labute approximate surface area is 101 Å². The van der Waals surface area contributed by atoms with E-state index in [-0.39, 0.29) is 0 Å². The van der Waals surface area contributed by atoms with E-state index >= 15 is 0 Å². The van der Waals surface area contributed by atoms with Crippen LogP contribution in [-0.4, -0.2) is 0 Å². The maximum absolute atomic E-state index is 12.5. The Morgan fingerprint density at radius 2 is 1.82 bits per heavy atom. The Balaban J connectivity index is 2.61. The van der Waals surface area contributed by atoms with Gasteiger partial charge in [-0.3, -0.25) is 0 Å². The van der Waals surface area contributed by atoms with Crippen LogP contribution in [0.25, 0.3) is 10.1 Å². The van der Waals surface area contributed by atoms with Crippen LogP contribution in [0.1, 0.15) is 25.0 Å². The molecular formula is C12H12F3NS. The van der Waals surface area contributed by atoms with E-state index in [1.165, 1.54) is 23.5 Å². The summed E-state index contributed by atoms with van der Waals surface area (Å²) in [6.45, 7) is 3.68. The van der Waals surface area contributed by atoms with Gasteiger partial charge in [-0.25, -0.2) is 0 Å². The lowest BCUT2D eigenvalue weighted by Crippen LogP contribution is -2.28. The smallest absolute Gasteiger partial charge is 0.322 e. The summed E-state index contributed by atoms with van der Waals surface area (Å²) in [5, 5.41) is 2.63. The van der Waals surface area contributed by atoms with Crippen molar-refractivity contribution in [2.75, 3.05) is 0 Å². The molecule has 2 aromatic rings. The fourth-order valence-corrected chi connectivity index (χ4v) is 2.88. The standard InChI is InChI=1S/C12H12F3NS/c1-11(2,16)9-6-17-10-5-7(12(13,14)15)3-4-8(9)10/h3-6H,16H2,1-2H3. The molecule has 0 aliphatic rings. The van der Waals surface area contributed by atoms with Gasteiger partial charge in [-0.1, -0.05) is 6.07 Å². The van der Waals surface area contributed by atoms with Gasteiger partial charge >= 0.3 is 6.18 Å². The number of alkyl halides is 3. The zero-order valence-electron chi connectivity index (χ0n) is 9.43. The summed E-state index contributed by atoms with van der Waals surface area (Å²) in [4.78, 5) is 0. The van der Waals surface area contributed by atoms with Crippen LogP contribution >= 0.6 is 11.3 Å². The van der Waals surface area contributed by atoms with Gasteiger partial charge in [0.15, 0.2) is 0 Å². The molecule has 1 aromatic carbocycles. The second-order valence-corrected chi connectivity index (χ2v) is 5.49. The van der Waals surface area contributed by atoms with E-state index < -0.39 is 17.3 Å². The number of fused-ring (bicyclic) bond motifs is 1. The van der Waals surface area contributed by atoms with Crippen molar-refractivity contribution in [1.82, 2.24) is 0 Å². The maximum atomic E-state index is 12.5. The summed E-state index contributed by atoms with van der Waals surface area (Å²) in [6, 6.07) is 3.78. The average molecular weight is 259 g/mol. The molecule has 1 aromatic heterocycles. The summed E-state index contributed by atoms with van der Waals surface area (Å²) >= 11 is 1.29. The first-order valence-corrected chi connectivity index (χ1v) is 5.95. The minimum atomic E-state index is -4.30. The van der Waals surface area contributed by atoms with Crippen molar-refractivity contribution >= 4 is 21.4 Å². The molecular weight excluding hydrogens is 247 g/mol. The minimum Gasteiger partial charge on any atom is -0.322 e. The van der Waals surface area contributed by atoms with E-state index in [1.807, 2.05) is 19.2 Å². The van der Waals surface area contributed by atoms with Crippen LogP contribution in [0.2, 0.25) is 0 Å². The number of halogens is 3. The van der Waals surface area contributed by atoms with Gasteiger partial charge in [0.25, 0.3) is 0 Å². The van der Waals surface area contributed by atoms with E-state index in [9.17, 15) is 13.2 Å². The predicted octanol–water partition coefficient (Wildman–Crippen LogP) is 4.11. The average Bonchev–Trinajstić information content (AvgIpc) is 2.57. The van der Waals surface area contributed by atoms with E-state index in [0.29, 0.717) is 4.70 Å². The van der Waals surface area contributed by atoms with Crippen LogP contribution in [0.4, 0.5) is 13.2 Å². The fourth-order valence-electron chi connectivity index (χ4n) is 1.70. The zero-order chi connectivity index (χ0) is 12.8. The number of hydrogen-bond acceptors (Lipinski definition) is 2. The molecule has 2 N–H and O–H groups in total. The monoisotopic (exact) mass is 259 g/mol. The van der Waals surface area contributed by atoms with Gasteiger partial charge in [0, 0.05) is 10.2 Å². The van der Waals surface area contributed by atoms with Crippen molar-refractivity contribution in [3.05, 3.63) is 34.7 Å². The molecule has 17 heavy (non-hydrogen) atoms. The molecule has 0 unspecified atom stereocenters. The van der Waals surface area contributed by atoms with Crippen LogP contribution in [-0.2, 0) is 11.7 Å². The fraction of sp³-hybridized carbons (Fsp3) is 0.333. The van der Waals surface area contributed by atoms with Gasteiger partial charge in [-0.15, -0.1) is 11.3 Å². The van der Waals surface area contributed by atoms with Gasteiger partial charge in [-0.05, 0) is 42.3 Å². The molecule has 0 amide bonds. The van der Waals surface area contributed by atoms with Crippen molar-refractivity contribution in [3.8, 4) is 0 Å². The van der Waals surface area contributed by atoms with Crippen molar-refractivity contribution in [1.29, 1.82) is 0 Å². The van der Waals surface area contributed by atoms with Crippen LogP contribution in [0.15, 0.2) is 23.6 Å². The highest BCUT2D eigenvalue weighted by Crippen LogP contribution is 2.36. The van der Waals surface area contributed by atoms with Gasteiger partial charge in [-0.2, -0.15) is 13.2 Å². The molecule has 0 aliphatic carbocycles. The van der Waals surface area contributed by atoms with Crippen LogP contribution in [0.3, 0.4) is 0 Å². The quantitative estimate of drug-likeness (QED) is 0.819. The normalized spacial score (nSPS) is 13.3. The number of thiophene rings is 1. The third-order valence-corrected chi connectivity index (χ3v) is 3.54. The van der Waals surface area contributed by atoms with Crippen molar-refractivity contribution in [2.45, 2.75) is 25.6 Å². The lowest BCUT2D eigenvalue weighted by Gasteiger charge is -2.18. The van der Waals surface area contributed by atoms with Crippen LogP contribution in [0.5, 0.6) is 0 Å². The van der Waals surface area contributed by atoms with E-state index in [0.717, 1.165) is 17.0 Å². The van der Waals surface area contributed by atoms with Crippen molar-refractivity contribution in [3.63, 3.8) is 0 Å².